The van der Waals surface area contributed by atoms with Crippen LogP contribution in [-0.4, -0.2) is 151 Å². The Bertz CT molecular complexity index is 1580. The van der Waals surface area contributed by atoms with E-state index < -0.39 is 54.6 Å². The maximum atomic E-state index is 13.1. The first-order valence-electron chi connectivity index (χ1n) is 30.3. The zero-order chi connectivity index (χ0) is 57.6. The van der Waals surface area contributed by atoms with Gasteiger partial charge in [-0.25, -0.2) is 19.2 Å². The average Bonchev–Trinajstić information content (AvgIpc) is 3.40. The lowest BCUT2D eigenvalue weighted by molar-refractivity contribution is -0.183. The third-order valence-corrected chi connectivity index (χ3v) is 22.2. The van der Waals surface area contributed by atoms with Gasteiger partial charge in [-0.15, -0.1) is 0 Å². The number of halogens is 3. The van der Waals surface area contributed by atoms with Crippen LogP contribution in [0.5, 0.6) is 0 Å². The van der Waals surface area contributed by atoms with Crippen molar-refractivity contribution in [3.63, 3.8) is 0 Å². The van der Waals surface area contributed by atoms with Crippen LogP contribution in [0.25, 0.3) is 0 Å². The van der Waals surface area contributed by atoms with Crippen molar-refractivity contribution in [2.24, 2.45) is 29.1 Å². The molecule has 4 aliphatic carbocycles. The topological polar surface area (TPSA) is 224 Å². The Hall–Kier alpha value is -2.98. The summed E-state index contributed by atoms with van der Waals surface area (Å²) >= 11 is 0. The zero-order valence-corrected chi connectivity index (χ0v) is 51.1. The largest absolute Gasteiger partial charge is 0.500 e. The third-order valence-electron chi connectivity index (χ3n) is 15.9. The Morgan fingerprint density at radius 2 is 0.722 bits per heavy atom. The fraction of sp³-hybridized carbons (Fsp3) is 0.927. The van der Waals surface area contributed by atoms with Gasteiger partial charge in [-0.1, -0.05) is 6.92 Å². The van der Waals surface area contributed by atoms with E-state index in [0.29, 0.717) is 101 Å². The number of rotatable bonds is 35. The van der Waals surface area contributed by atoms with Crippen molar-refractivity contribution in [3.8, 4) is 0 Å². The minimum absolute atomic E-state index is 0.0838. The lowest BCUT2D eigenvalue weighted by Gasteiger charge is -2.35. The van der Waals surface area contributed by atoms with Crippen molar-refractivity contribution in [3.05, 3.63) is 0 Å². The molecule has 0 heterocycles. The van der Waals surface area contributed by atoms with Crippen molar-refractivity contribution < 1.29 is 73.1 Å². The van der Waals surface area contributed by atoms with Crippen LogP contribution in [0.1, 0.15) is 177 Å². The molecule has 0 aromatic carbocycles. The van der Waals surface area contributed by atoms with E-state index in [1.54, 1.807) is 6.92 Å². The van der Waals surface area contributed by atoms with Crippen LogP contribution >= 0.6 is 0 Å². The van der Waals surface area contributed by atoms with Crippen LogP contribution in [0.3, 0.4) is 0 Å². The first-order chi connectivity index (χ1) is 37.9. The number of amides is 6. The third kappa shape index (κ3) is 27.3. The number of carbonyl (C=O) groups excluding carboxylic acids is 4. The molecule has 0 aromatic rings. The van der Waals surface area contributed by atoms with Crippen LogP contribution in [0.15, 0.2) is 0 Å². The summed E-state index contributed by atoms with van der Waals surface area (Å²) in [6.07, 6.45) is 12.7. The van der Waals surface area contributed by atoms with E-state index in [-0.39, 0.29) is 49.4 Å². The predicted molar refractivity (Wildman–Crippen MR) is 299 cm³/mol. The second kappa shape index (κ2) is 36.6. The fourth-order valence-corrected chi connectivity index (χ4v) is 17.3. The highest BCUT2D eigenvalue weighted by Crippen LogP contribution is 2.37. The van der Waals surface area contributed by atoms with Crippen molar-refractivity contribution in [1.29, 1.82) is 0 Å². The Balaban J connectivity index is 1.07. The summed E-state index contributed by atoms with van der Waals surface area (Å²) in [6.45, 7) is 14.8. The highest BCUT2D eigenvalue weighted by Gasteiger charge is 2.41. The molecule has 4 fully saturated rings. The maximum Gasteiger partial charge on any atom is 0.500 e. The van der Waals surface area contributed by atoms with Gasteiger partial charge in [0, 0.05) is 89.0 Å². The second-order valence-corrected chi connectivity index (χ2v) is 28.1. The number of nitrogens with one attached hydrogen (secondary N) is 6. The summed E-state index contributed by atoms with van der Waals surface area (Å²) in [7, 11) is -5.48. The zero-order valence-electron chi connectivity index (χ0n) is 49.1. The predicted octanol–water partition coefficient (Wildman–Crippen LogP) is 10.5. The molecule has 24 heteroatoms. The number of ether oxygens (including phenoxy) is 3. The molecule has 4 rings (SSSR count). The molecule has 0 aromatic heterocycles. The Morgan fingerprint density at radius 3 is 1.00 bits per heavy atom. The quantitative estimate of drug-likeness (QED) is 0.0257. The highest BCUT2D eigenvalue weighted by molar-refractivity contribution is 6.61. The molecule has 0 radical (unpaired) electrons. The summed E-state index contributed by atoms with van der Waals surface area (Å²) in [5.41, 5.74) is -1.23. The Labute approximate surface area is 472 Å². The second-order valence-electron chi connectivity index (χ2n) is 22.7. The molecule has 460 valence electrons. The molecular formula is C55H103F3N6O13Si2. The molecule has 6 amide bonds. The van der Waals surface area contributed by atoms with E-state index in [9.17, 15) is 32.3 Å². The molecule has 0 atom stereocenters. The van der Waals surface area contributed by atoms with E-state index in [1.165, 1.54) is 0 Å². The monoisotopic (exact) mass is 1170 g/mol. The first-order valence-corrected chi connectivity index (χ1v) is 34.2. The molecule has 19 nitrogen and oxygen atoms in total. The Morgan fingerprint density at radius 1 is 0.430 bits per heavy atom. The van der Waals surface area contributed by atoms with E-state index in [2.05, 4.69) is 31.9 Å². The standard InChI is InChI=1S/C55H103F3N6O13Si2/c1-8-72-78(73-9-2,74-10-3)34-14-32-59-50(65)61-46-24-16-42(17-25-46)36-44-20-28-48(29-21-44)63-52(67)70-39-54(7,38-69-41-55(56,57)58)40-71-53(68)64-49-30-22-45(23-31-49)37-43-18-26-47(27-19-43)62-51(66)60-33-15-35-79(75-11-4,76-12-5)77-13-6/h42-49H,8-41H2,1-7H3,(H,63,67)(H,64,68)(H2,59,61,65)(H2,60,62,66). The summed E-state index contributed by atoms with van der Waals surface area (Å²) in [6, 6.07) is 1.10. The summed E-state index contributed by atoms with van der Waals surface area (Å²) in [5, 5.41) is 18.2. The van der Waals surface area contributed by atoms with Crippen LogP contribution in [0.4, 0.5) is 32.3 Å². The van der Waals surface area contributed by atoms with Crippen LogP contribution in [0, 0.1) is 29.1 Å². The van der Waals surface area contributed by atoms with Gasteiger partial charge in [-0.05, 0) is 194 Å². The molecule has 0 unspecified atom stereocenters. The maximum absolute atomic E-state index is 13.1. The molecule has 4 aliphatic rings. The van der Waals surface area contributed by atoms with Crippen molar-refractivity contribution in [2.45, 2.75) is 219 Å². The molecule has 0 saturated heterocycles. The Kier molecular flexibility index (Phi) is 31.7. The normalized spacial score (nSPS) is 24.8. The number of urea groups is 2. The molecule has 0 bridgehead atoms. The molecule has 6 N–H and O–H groups in total. The van der Waals surface area contributed by atoms with Gasteiger partial charge in [0.15, 0.2) is 0 Å². The number of carbonyl (C=O) groups is 4. The lowest BCUT2D eigenvalue weighted by Crippen LogP contribution is -2.47. The van der Waals surface area contributed by atoms with Crippen LogP contribution in [0.2, 0.25) is 12.1 Å². The summed E-state index contributed by atoms with van der Waals surface area (Å²) < 4.78 is 90.9. The van der Waals surface area contributed by atoms with Gasteiger partial charge in [0.2, 0.25) is 0 Å². The highest BCUT2D eigenvalue weighted by atomic mass is 28.4. The lowest BCUT2D eigenvalue weighted by atomic mass is 9.76. The van der Waals surface area contributed by atoms with Crippen molar-refractivity contribution in [1.82, 2.24) is 31.9 Å². The van der Waals surface area contributed by atoms with Gasteiger partial charge in [-0.2, -0.15) is 13.2 Å². The van der Waals surface area contributed by atoms with Crippen molar-refractivity contribution in [2.75, 3.05) is 79.2 Å². The van der Waals surface area contributed by atoms with Gasteiger partial charge in [-0.3, -0.25) is 0 Å². The van der Waals surface area contributed by atoms with Gasteiger partial charge in [0.25, 0.3) is 0 Å². The van der Waals surface area contributed by atoms with Gasteiger partial charge >= 0.3 is 48.0 Å². The van der Waals surface area contributed by atoms with E-state index in [0.717, 1.165) is 116 Å². The fourth-order valence-electron chi connectivity index (χ4n) is 12.0. The van der Waals surface area contributed by atoms with Gasteiger partial charge in [0.05, 0.1) is 12.0 Å². The SMILES string of the molecule is CCO[Si](CCCNC(=O)NC1CCC(CC2CCC(NC(=O)OCC(C)(COCC(F)(F)F)COC(=O)NC3CCC(CC4CCC(NC(=O)NCCC[Si](OCC)(OCC)OCC)CC4)CC3)CC2)CC1)(OCC)OCC. The van der Waals surface area contributed by atoms with Crippen molar-refractivity contribution >= 4 is 41.9 Å². The minimum atomic E-state index is -4.55. The molecular weight excluding hydrogens is 1070 g/mol. The molecule has 0 aliphatic heterocycles. The number of alkyl carbamates (subject to hydrolysis) is 2. The van der Waals surface area contributed by atoms with Gasteiger partial charge in [0.1, 0.15) is 19.8 Å². The summed E-state index contributed by atoms with van der Waals surface area (Å²) in [4.78, 5) is 51.5. The van der Waals surface area contributed by atoms with E-state index >= 15 is 0 Å². The number of alkyl halides is 3. The van der Waals surface area contributed by atoms with E-state index in [4.69, 9.17) is 40.8 Å². The number of hydrogen-bond acceptors (Lipinski definition) is 13. The molecule has 79 heavy (non-hydrogen) atoms. The smallest absolute Gasteiger partial charge is 0.449 e. The van der Waals surface area contributed by atoms with Crippen LogP contribution < -0.4 is 31.9 Å². The van der Waals surface area contributed by atoms with Gasteiger partial charge < -0.3 is 72.7 Å². The average molecular weight is 1170 g/mol. The number of hydrogen-bond donors (Lipinski definition) is 6. The van der Waals surface area contributed by atoms with E-state index in [1.807, 2.05) is 41.5 Å². The molecule has 0 spiro atoms. The first kappa shape index (κ1) is 68.5. The van der Waals surface area contributed by atoms with Crippen LogP contribution in [-0.2, 0) is 40.8 Å². The minimum Gasteiger partial charge on any atom is -0.449 e. The molecule has 4 saturated carbocycles. The summed E-state index contributed by atoms with van der Waals surface area (Å²) in [5.74, 6) is 2.26.